The van der Waals surface area contributed by atoms with E-state index in [1.807, 2.05) is 54.6 Å². The fraction of sp³-hybridized carbons (Fsp3) is 0.324. The molecule has 0 radical (unpaired) electrons. The highest BCUT2D eigenvalue weighted by atomic mass is 35.5. The maximum atomic E-state index is 11.7. The summed E-state index contributed by atoms with van der Waals surface area (Å²) in [6.45, 7) is 2.55. The number of aliphatic imine (C=N–C) groups is 2. The first-order chi connectivity index (χ1) is 23.2. The SMILES string of the molecule is COc1nc(-c2cccc(-c3cccc(NC4=NC=CC5SC(CNCC(=O)O)=NC45)c3Cl)c2Cl)ccc1CN1CC2(CCC(=O)N2)C1. The topological polar surface area (TPSA) is 141 Å². The van der Waals surface area contributed by atoms with Crippen molar-refractivity contribution < 1.29 is 19.4 Å². The number of carboxylic acids is 1. The van der Waals surface area contributed by atoms with Crippen LogP contribution in [-0.2, 0) is 16.1 Å². The number of nitrogens with zero attached hydrogens (tertiary/aromatic N) is 4. The Morgan fingerprint density at radius 1 is 1.12 bits per heavy atom. The third-order valence-electron chi connectivity index (χ3n) is 8.83. The van der Waals surface area contributed by atoms with Crippen LogP contribution in [0.3, 0.4) is 0 Å². The van der Waals surface area contributed by atoms with Crippen molar-refractivity contribution >= 4 is 63.4 Å². The van der Waals surface area contributed by atoms with Crippen molar-refractivity contribution in [2.24, 2.45) is 9.98 Å². The molecule has 2 atom stereocenters. The largest absolute Gasteiger partial charge is 0.481 e. The van der Waals surface area contributed by atoms with Crippen molar-refractivity contribution in [1.82, 2.24) is 20.5 Å². The molecule has 4 aliphatic rings. The standard InChI is InChI=1S/C34H33Cl2N7O4S/c1-47-33-19(16-43-17-34(18-43)12-10-26(44)42-34)8-9-23(40-33)22-6-2-4-20(29(22)35)21-5-3-7-24(30(21)36)39-32-31-25(11-13-38-32)48-27(41-31)14-37-15-28(45)46/h2-9,11,13,25,31,37H,10,12,14-18H2,1H3,(H,38,39)(H,42,44)(H,45,46). The molecule has 1 amide bonds. The van der Waals surface area contributed by atoms with Gasteiger partial charge in [0.15, 0.2) is 0 Å². The summed E-state index contributed by atoms with van der Waals surface area (Å²) in [5.74, 6) is 0.402. The molecular formula is C34H33Cl2N7O4S. The van der Waals surface area contributed by atoms with Gasteiger partial charge in [0, 0.05) is 61.1 Å². The van der Waals surface area contributed by atoms with E-state index in [1.54, 1.807) is 25.1 Å². The van der Waals surface area contributed by atoms with E-state index in [0.29, 0.717) is 52.7 Å². The smallest absolute Gasteiger partial charge is 0.317 e. The molecule has 4 N–H and O–H groups in total. The van der Waals surface area contributed by atoms with Gasteiger partial charge in [-0.05, 0) is 18.6 Å². The number of amides is 1. The highest BCUT2D eigenvalue weighted by Crippen LogP contribution is 2.42. The van der Waals surface area contributed by atoms with E-state index in [9.17, 15) is 9.59 Å². The van der Waals surface area contributed by atoms with E-state index in [1.165, 1.54) is 0 Å². The monoisotopic (exact) mass is 705 g/mol. The number of likely N-dealkylation sites (tertiary alicyclic amines) is 1. The average molecular weight is 707 g/mol. The van der Waals surface area contributed by atoms with E-state index in [0.717, 1.165) is 46.8 Å². The van der Waals surface area contributed by atoms with Crippen molar-refractivity contribution in [3.8, 4) is 28.3 Å². The second-order valence-corrected chi connectivity index (χ2v) is 14.2. The summed E-state index contributed by atoms with van der Waals surface area (Å²) < 4.78 is 5.70. The number of aliphatic carboxylic acids is 1. The highest BCUT2D eigenvalue weighted by molar-refractivity contribution is 8.15. The number of amidine groups is 1. The normalized spacial score (nSPS) is 20.9. The van der Waals surface area contributed by atoms with Crippen LogP contribution in [0, 0.1) is 0 Å². The van der Waals surface area contributed by atoms with Crippen molar-refractivity contribution in [2.45, 2.75) is 36.2 Å². The molecule has 0 aliphatic carbocycles. The second kappa shape index (κ2) is 13.5. The Labute approximate surface area is 291 Å². The summed E-state index contributed by atoms with van der Waals surface area (Å²) in [5.41, 5.74) is 4.46. The molecule has 14 heteroatoms. The Hall–Kier alpha value is -3.94. The van der Waals surface area contributed by atoms with Gasteiger partial charge in [-0.2, -0.15) is 0 Å². The number of nitrogens with one attached hydrogen (secondary N) is 3. The third kappa shape index (κ3) is 6.55. The van der Waals surface area contributed by atoms with Crippen LogP contribution in [0.4, 0.5) is 5.69 Å². The minimum Gasteiger partial charge on any atom is -0.481 e. The molecule has 7 rings (SSSR count). The Balaban J connectivity index is 1.09. The molecule has 48 heavy (non-hydrogen) atoms. The lowest BCUT2D eigenvalue weighted by molar-refractivity contribution is -0.135. The first kappa shape index (κ1) is 32.6. The van der Waals surface area contributed by atoms with E-state index < -0.39 is 5.97 Å². The average Bonchev–Trinajstić information content (AvgIpc) is 3.66. The number of carbonyl (C=O) groups excluding carboxylic acids is 1. The van der Waals surface area contributed by atoms with Crippen molar-refractivity contribution in [3.63, 3.8) is 0 Å². The first-order valence-corrected chi connectivity index (χ1v) is 17.2. The molecule has 2 aromatic carbocycles. The van der Waals surface area contributed by atoms with Gasteiger partial charge in [-0.3, -0.25) is 19.5 Å². The van der Waals surface area contributed by atoms with Crippen LogP contribution in [-0.4, -0.2) is 87.9 Å². The summed E-state index contributed by atoms with van der Waals surface area (Å²) in [4.78, 5) is 39.1. The van der Waals surface area contributed by atoms with Crippen molar-refractivity contribution in [1.29, 1.82) is 0 Å². The van der Waals surface area contributed by atoms with Crippen LogP contribution >= 0.6 is 35.0 Å². The van der Waals surface area contributed by atoms with Crippen LogP contribution in [0.15, 0.2) is 70.8 Å². The number of halogens is 2. The zero-order valence-corrected chi connectivity index (χ0v) is 28.3. The molecule has 4 aliphatic heterocycles. The molecule has 2 unspecified atom stereocenters. The second-order valence-electron chi connectivity index (χ2n) is 12.2. The van der Waals surface area contributed by atoms with Gasteiger partial charge in [0.2, 0.25) is 11.8 Å². The summed E-state index contributed by atoms with van der Waals surface area (Å²) >= 11 is 15.7. The summed E-state index contributed by atoms with van der Waals surface area (Å²) in [7, 11) is 1.61. The quantitative estimate of drug-likeness (QED) is 0.227. The van der Waals surface area contributed by atoms with E-state index in [4.69, 9.17) is 43.0 Å². The number of anilines is 1. The van der Waals surface area contributed by atoms with Crippen LogP contribution in [0.1, 0.15) is 18.4 Å². The molecular weight excluding hydrogens is 673 g/mol. The first-order valence-electron chi connectivity index (χ1n) is 15.5. The lowest BCUT2D eigenvalue weighted by Gasteiger charge is -2.48. The van der Waals surface area contributed by atoms with Crippen molar-refractivity contribution in [3.05, 3.63) is 76.4 Å². The fourth-order valence-corrected chi connectivity index (χ4v) is 8.34. The van der Waals surface area contributed by atoms with Gasteiger partial charge in [-0.1, -0.05) is 77.4 Å². The molecule has 2 saturated heterocycles. The zero-order chi connectivity index (χ0) is 33.4. The number of benzene rings is 2. The molecule has 11 nitrogen and oxygen atoms in total. The Kier molecular flexibility index (Phi) is 9.18. The van der Waals surface area contributed by atoms with Gasteiger partial charge < -0.3 is 25.8 Å². The van der Waals surface area contributed by atoms with Crippen LogP contribution in [0.5, 0.6) is 5.88 Å². The van der Waals surface area contributed by atoms with Crippen molar-refractivity contribution in [2.75, 3.05) is 38.6 Å². The summed E-state index contributed by atoms with van der Waals surface area (Å²) in [6, 6.07) is 15.2. The molecule has 248 valence electrons. The van der Waals surface area contributed by atoms with E-state index >= 15 is 0 Å². The molecule has 3 aromatic rings. The Morgan fingerprint density at radius 3 is 2.65 bits per heavy atom. The lowest BCUT2D eigenvalue weighted by atomic mass is 9.88. The highest BCUT2D eigenvalue weighted by Gasteiger charge is 2.47. The number of hydrogen-bond donors (Lipinski definition) is 4. The molecule has 0 bridgehead atoms. The maximum absolute atomic E-state index is 11.7. The van der Waals surface area contributed by atoms with E-state index in [-0.39, 0.29) is 29.3 Å². The van der Waals surface area contributed by atoms with Gasteiger partial charge in [-0.25, -0.2) is 9.98 Å². The Morgan fingerprint density at radius 2 is 1.90 bits per heavy atom. The van der Waals surface area contributed by atoms with Gasteiger partial charge in [0.1, 0.15) is 11.9 Å². The van der Waals surface area contributed by atoms with Gasteiger partial charge in [0.25, 0.3) is 0 Å². The minimum atomic E-state index is -0.914. The minimum absolute atomic E-state index is 0.0492. The van der Waals surface area contributed by atoms with Crippen LogP contribution in [0.25, 0.3) is 22.4 Å². The summed E-state index contributed by atoms with van der Waals surface area (Å²) in [5, 5.41) is 20.2. The maximum Gasteiger partial charge on any atom is 0.317 e. The molecule has 1 aromatic heterocycles. The molecule has 5 heterocycles. The molecule has 2 fully saturated rings. The summed E-state index contributed by atoms with van der Waals surface area (Å²) in [6.07, 6.45) is 5.22. The van der Waals surface area contributed by atoms with Gasteiger partial charge >= 0.3 is 5.97 Å². The number of pyridine rings is 1. The molecule has 0 saturated carbocycles. The fourth-order valence-electron chi connectivity index (χ4n) is 6.60. The number of hydrogen-bond acceptors (Lipinski definition) is 10. The van der Waals surface area contributed by atoms with Gasteiger partial charge in [0.05, 0.1) is 50.9 Å². The predicted octanol–water partition coefficient (Wildman–Crippen LogP) is 5.09. The Bertz CT molecular complexity index is 1880. The number of ether oxygens (including phenoxy) is 1. The molecule has 1 spiro atoms. The van der Waals surface area contributed by atoms with E-state index in [2.05, 4.69) is 25.8 Å². The number of methoxy groups -OCH3 is 1. The van der Waals surface area contributed by atoms with Crippen LogP contribution in [0.2, 0.25) is 10.0 Å². The zero-order valence-electron chi connectivity index (χ0n) is 26.0. The van der Waals surface area contributed by atoms with Crippen LogP contribution < -0.4 is 20.7 Å². The number of aromatic nitrogens is 1. The third-order valence-corrected chi connectivity index (χ3v) is 10.9. The number of carbonyl (C=O) groups is 2. The van der Waals surface area contributed by atoms with Gasteiger partial charge in [-0.15, -0.1) is 0 Å². The lowest BCUT2D eigenvalue weighted by Crippen LogP contribution is -2.66. The predicted molar refractivity (Wildman–Crippen MR) is 190 cm³/mol. The number of rotatable bonds is 10. The number of thioether (sulfide) groups is 1. The number of carboxylic acid groups (broad SMARTS) is 1. The number of fused-ring (bicyclic) bond motifs is 1.